The molecule has 20 heavy (non-hydrogen) atoms. The molecule has 0 radical (unpaired) electrons. The van der Waals surface area contributed by atoms with Gasteiger partial charge in [-0.15, -0.1) is 0 Å². The summed E-state index contributed by atoms with van der Waals surface area (Å²) in [6.45, 7) is 4.93. The van der Waals surface area contributed by atoms with Crippen molar-refractivity contribution in [2.24, 2.45) is 0 Å². The van der Waals surface area contributed by atoms with Gasteiger partial charge < -0.3 is 9.84 Å². The van der Waals surface area contributed by atoms with Gasteiger partial charge >= 0.3 is 0 Å². The first kappa shape index (κ1) is 14.5. The number of aliphatic hydroxyl groups is 1. The lowest BCUT2D eigenvalue weighted by Gasteiger charge is -2.14. The van der Waals surface area contributed by atoms with E-state index in [0.717, 1.165) is 29.9 Å². The van der Waals surface area contributed by atoms with Crippen LogP contribution < -0.4 is 4.74 Å². The predicted octanol–water partition coefficient (Wildman–Crippen LogP) is 2.15. The van der Waals surface area contributed by atoms with E-state index in [1.165, 1.54) is 0 Å². The smallest absolute Gasteiger partial charge is 0.142 e. The highest BCUT2D eigenvalue weighted by molar-refractivity contribution is 5.32. The van der Waals surface area contributed by atoms with E-state index in [9.17, 15) is 5.11 Å². The van der Waals surface area contributed by atoms with Gasteiger partial charge in [0.15, 0.2) is 0 Å². The van der Waals surface area contributed by atoms with Crippen LogP contribution in [0.3, 0.4) is 0 Å². The van der Waals surface area contributed by atoms with Crippen molar-refractivity contribution >= 4 is 0 Å². The van der Waals surface area contributed by atoms with Gasteiger partial charge in [0.25, 0.3) is 0 Å². The van der Waals surface area contributed by atoms with Gasteiger partial charge in [-0.3, -0.25) is 9.67 Å². The average molecular weight is 275 g/mol. The molecular weight excluding hydrogens is 254 g/mol. The number of aromatic nitrogens is 3. The zero-order chi connectivity index (χ0) is 14.5. The second kappa shape index (κ2) is 6.52. The van der Waals surface area contributed by atoms with Gasteiger partial charge in [-0.1, -0.05) is 6.92 Å². The maximum atomic E-state index is 10.4. The second-order valence-corrected chi connectivity index (χ2v) is 4.63. The molecule has 2 rings (SSSR count). The summed E-state index contributed by atoms with van der Waals surface area (Å²) in [6.07, 6.45) is 4.07. The van der Waals surface area contributed by atoms with Crippen LogP contribution >= 0.6 is 0 Å². The van der Waals surface area contributed by atoms with Crippen molar-refractivity contribution in [1.82, 2.24) is 14.8 Å². The van der Waals surface area contributed by atoms with Crippen molar-refractivity contribution in [2.75, 3.05) is 7.11 Å². The van der Waals surface area contributed by atoms with E-state index in [-0.39, 0.29) is 0 Å². The van der Waals surface area contributed by atoms with Crippen LogP contribution in [-0.4, -0.2) is 27.0 Å². The van der Waals surface area contributed by atoms with Crippen molar-refractivity contribution in [2.45, 2.75) is 39.3 Å². The SMILES string of the molecule is CCc1cc(CC(O)c2ccncc2OC)n(CC)n1. The molecule has 0 aliphatic heterocycles. The quantitative estimate of drug-likeness (QED) is 0.877. The number of nitrogens with zero attached hydrogens (tertiary/aromatic N) is 3. The summed E-state index contributed by atoms with van der Waals surface area (Å²) < 4.78 is 7.18. The molecule has 1 N–H and O–H groups in total. The first-order chi connectivity index (χ1) is 9.69. The molecule has 1 unspecified atom stereocenters. The number of hydrogen-bond acceptors (Lipinski definition) is 4. The Hall–Kier alpha value is -1.88. The molecule has 0 fully saturated rings. The first-order valence-electron chi connectivity index (χ1n) is 6.91. The average Bonchev–Trinajstić information content (AvgIpc) is 2.89. The molecule has 0 saturated carbocycles. The van der Waals surface area contributed by atoms with E-state index in [1.807, 2.05) is 4.68 Å². The Kier molecular flexibility index (Phi) is 4.74. The molecule has 2 aromatic heterocycles. The first-order valence-corrected chi connectivity index (χ1v) is 6.91. The fourth-order valence-electron chi connectivity index (χ4n) is 2.27. The van der Waals surface area contributed by atoms with Gasteiger partial charge in [0, 0.05) is 30.4 Å². The van der Waals surface area contributed by atoms with Crippen molar-refractivity contribution in [3.05, 3.63) is 41.5 Å². The zero-order valence-electron chi connectivity index (χ0n) is 12.2. The number of hydrogen-bond donors (Lipinski definition) is 1. The Labute approximate surface area is 119 Å². The molecule has 0 spiro atoms. The number of ether oxygens (including phenoxy) is 1. The molecule has 2 aromatic rings. The number of pyridine rings is 1. The fourth-order valence-corrected chi connectivity index (χ4v) is 2.27. The topological polar surface area (TPSA) is 60.2 Å². The van der Waals surface area contributed by atoms with E-state index < -0.39 is 6.10 Å². The minimum absolute atomic E-state index is 0.515. The predicted molar refractivity (Wildman–Crippen MR) is 76.7 cm³/mol. The number of aryl methyl sites for hydroxylation is 2. The molecule has 1 atom stereocenters. The van der Waals surface area contributed by atoms with Crippen molar-refractivity contribution in [3.63, 3.8) is 0 Å². The summed E-state index contributed by atoms with van der Waals surface area (Å²) in [4.78, 5) is 4.00. The molecule has 0 saturated heterocycles. The lowest BCUT2D eigenvalue weighted by molar-refractivity contribution is 0.171. The monoisotopic (exact) mass is 275 g/mol. The Morgan fingerprint density at radius 3 is 2.85 bits per heavy atom. The number of methoxy groups -OCH3 is 1. The highest BCUT2D eigenvalue weighted by Gasteiger charge is 2.16. The lowest BCUT2D eigenvalue weighted by Crippen LogP contribution is -2.09. The van der Waals surface area contributed by atoms with E-state index in [1.54, 1.807) is 25.6 Å². The van der Waals surface area contributed by atoms with Gasteiger partial charge in [-0.2, -0.15) is 5.10 Å². The van der Waals surface area contributed by atoms with E-state index in [4.69, 9.17) is 4.74 Å². The number of aliphatic hydroxyl groups excluding tert-OH is 1. The highest BCUT2D eigenvalue weighted by atomic mass is 16.5. The summed E-state index contributed by atoms with van der Waals surface area (Å²) in [5.74, 6) is 0.610. The van der Waals surface area contributed by atoms with Crippen molar-refractivity contribution < 1.29 is 9.84 Å². The van der Waals surface area contributed by atoms with E-state index >= 15 is 0 Å². The van der Waals surface area contributed by atoms with E-state index in [2.05, 4.69) is 30.0 Å². The van der Waals surface area contributed by atoms with Gasteiger partial charge in [-0.05, 0) is 25.5 Å². The summed E-state index contributed by atoms with van der Waals surface area (Å²) in [6, 6.07) is 3.84. The zero-order valence-corrected chi connectivity index (χ0v) is 12.2. The minimum atomic E-state index is -0.625. The van der Waals surface area contributed by atoms with Gasteiger partial charge in [0.05, 0.1) is 25.1 Å². The maximum absolute atomic E-state index is 10.4. The van der Waals surface area contributed by atoms with E-state index in [0.29, 0.717) is 12.2 Å². The molecule has 0 amide bonds. The molecular formula is C15H21N3O2. The molecule has 0 aliphatic rings. The standard InChI is InChI=1S/C15H21N3O2/c1-4-11-8-12(18(5-2)17-11)9-14(19)13-6-7-16-10-15(13)20-3/h6-8,10,14,19H,4-5,9H2,1-3H3. The molecule has 2 heterocycles. The van der Waals surface area contributed by atoms with Crippen LogP contribution in [0.2, 0.25) is 0 Å². The normalized spacial score (nSPS) is 12.4. The van der Waals surface area contributed by atoms with Crippen LogP contribution in [-0.2, 0) is 19.4 Å². The summed E-state index contributed by atoms with van der Waals surface area (Å²) >= 11 is 0. The van der Waals surface area contributed by atoms with Crippen molar-refractivity contribution in [3.8, 4) is 5.75 Å². The summed E-state index contributed by atoms with van der Waals surface area (Å²) in [5, 5.41) is 14.9. The molecule has 108 valence electrons. The fraction of sp³-hybridized carbons (Fsp3) is 0.467. The number of rotatable bonds is 6. The molecule has 0 aromatic carbocycles. The van der Waals surface area contributed by atoms with Crippen LogP contribution in [0.1, 0.15) is 36.9 Å². The maximum Gasteiger partial charge on any atom is 0.142 e. The van der Waals surface area contributed by atoms with Crippen LogP contribution in [0.4, 0.5) is 0 Å². The molecule has 0 aliphatic carbocycles. The van der Waals surface area contributed by atoms with Crippen LogP contribution in [0.25, 0.3) is 0 Å². The Morgan fingerprint density at radius 2 is 2.20 bits per heavy atom. The lowest BCUT2D eigenvalue weighted by atomic mass is 10.0. The van der Waals surface area contributed by atoms with Crippen LogP contribution in [0.15, 0.2) is 24.5 Å². The van der Waals surface area contributed by atoms with Crippen LogP contribution in [0, 0.1) is 0 Å². The minimum Gasteiger partial charge on any atom is -0.495 e. The van der Waals surface area contributed by atoms with Gasteiger partial charge in [0.1, 0.15) is 5.75 Å². The molecule has 5 nitrogen and oxygen atoms in total. The van der Waals surface area contributed by atoms with Crippen molar-refractivity contribution in [1.29, 1.82) is 0 Å². The third kappa shape index (κ3) is 2.99. The Morgan fingerprint density at radius 1 is 1.40 bits per heavy atom. The Balaban J connectivity index is 2.22. The summed E-state index contributed by atoms with van der Waals surface area (Å²) in [5.41, 5.74) is 2.84. The largest absolute Gasteiger partial charge is 0.495 e. The second-order valence-electron chi connectivity index (χ2n) is 4.63. The van der Waals surface area contributed by atoms with Gasteiger partial charge in [0.2, 0.25) is 0 Å². The third-order valence-electron chi connectivity index (χ3n) is 3.37. The van der Waals surface area contributed by atoms with Gasteiger partial charge in [-0.25, -0.2) is 0 Å². The van der Waals surface area contributed by atoms with Crippen LogP contribution in [0.5, 0.6) is 5.75 Å². The highest BCUT2D eigenvalue weighted by Crippen LogP contribution is 2.26. The molecule has 0 bridgehead atoms. The molecule has 5 heteroatoms. The Bertz CT molecular complexity index is 566. The summed E-state index contributed by atoms with van der Waals surface area (Å²) in [7, 11) is 1.58. The third-order valence-corrected chi connectivity index (χ3v) is 3.37.